The first-order chi connectivity index (χ1) is 13.4. The summed E-state index contributed by atoms with van der Waals surface area (Å²) in [5, 5.41) is 17.0. The molecule has 0 saturated heterocycles. The van der Waals surface area contributed by atoms with Crippen LogP contribution in [0.2, 0.25) is 0 Å². The summed E-state index contributed by atoms with van der Waals surface area (Å²) in [6.45, 7) is 8.16. The maximum Gasteiger partial charge on any atom is 0.191 e. The van der Waals surface area contributed by atoms with E-state index in [1.807, 2.05) is 44.2 Å². The van der Waals surface area contributed by atoms with Crippen molar-refractivity contribution in [3.8, 4) is 5.75 Å². The minimum absolute atomic E-state index is 0.276. The van der Waals surface area contributed by atoms with E-state index in [-0.39, 0.29) is 6.54 Å². The highest BCUT2D eigenvalue weighted by Crippen LogP contribution is 2.21. The Balaban J connectivity index is 1.92. The minimum atomic E-state index is -1.13. The molecular weight excluding hydrogens is 358 g/mol. The van der Waals surface area contributed by atoms with Gasteiger partial charge in [-0.15, -0.1) is 0 Å². The summed E-state index contributed by atoms with van der Waals surface area (Å²) >= 11 is 0. The van der Waals surface area contributed by atoms with Gasteiger partial charge in [-0.3, -0.25) is 0 Å². The molecule has 2 rings (SSSR count). The first-order valence-electron chi connectivity index (χ1n) is 9.46. The first-order valence-corrected chi connectivity index (χ1v) is 9.46. The van der Waals surface area contributed by atoms with Gasteiger partial charge < -0.3 is 29.6 Å². The Morgan fingerprint density at radius 3 is 2.50 bits per heavy atom. The molecule has 7 heteroatoms. The number of nitrogens with one attached hydrogen (secondary N) is 2. The molecule has 0 radical (unpaired) electrons. The van der Waals surface area contributed by atoms with Gasteiger partial charge in [0.05, 0.1) is 19.7 Å². The number of hydrogen-bond acceptors (Lipinski definition) is 5. The van der Waals surface area contributed by atoms with E-state index in [2.05, 4.69) is 15.6 Å². The molecule has 0 aliphatic heterocycles. The van der Waals surface area contributed by atoms with Crippen molar-refractivity contribution in [3.63, 3.8) is 0 Å². The number of rotatable bonds is 10. The number of guanidine groups is 1. The highest BCUT2D eigenvalue weighted by atomic mass is 16.5. The van der Waals surface area contributed by atoms with Crippen LogP contribution in [0.3, 0.4) is 0 Å². The maximum absolute atomic E-state index is 10.7. The number of methoxy groups -OCH3 is 1. The molecule has 0 bridgehead atoms. The van der Waals surface area contributed by atoms with Crippen LogP contribution < -0.4 is 15.4 Å². The lowest BCUT2D eigenvalue weighted by molar-refractivity contribution is 0.0378. The van der Waals surface area contributed by atoms with Crippen molar-refractivity contribution in [2.75, 3.05) is 33.4 Å². The summed E-state index contributed by atoms with van der Waals surface area (Å²) in [6, 6.07) is 11.4. The number of ether oxygens (including phenoxy) is 2. The lowest BCUT2D eigenvalue weighted by Gasteiger charge is -2.22. The van der Waals surface area contributed by atoms with Gasteiger partial charge in [-0.1, -0.05) is 12.1 Å². The molecule has 28 heavy (non-hydrogen) atoms. The van der Waals surface area contributed by atoms with Crippen molar-refractivity contribution in [3.05, 3.63) is 53.5 Å². The second-order valence-corrected chi connectivity index (χ2v) is 6.72. The smallest absolute Gasteiger partial charge is 0.191 e. The lowest BCUT2D eigenvalue weighted by atomic mass is 10.0. The highest BCUT2D eigenvalue weighted by molar-refractivity contribution is 5.79. The number of benzene rings is 1. The first kappa shape index (κ1) is 21.8. The third kappa shape index (κ3) is 6.90. The van der Waals surface area contributed by atoms with E-state index in [0.717, 1.165) is 23.6 Å². The standard InChI is InChI=1S/C21H31N3O4/c1-5-22-20(24-15-21(3,25)19-11-6-16(2)28-19)23-14-17-7-9-18(10-8-17)27-13-12-26-4/h6-11,25H,5,12-15H2,1-4H3,(H2,22,23,24). The van der Waals surface area contributed by atoms with Gasteiger partial charge in [-0.25, -0.2) is 4.99 Å². The molecule has 0 saturated carbocycles. The zero-order valence-corrected chi connectivity index (χ0v) is 17.1. The third-order valence-corrected chi connectivity index (χ3v) is 4.11. The molecule has 0 aliphatic rings. The summed E-state index contributed by atoms with van der Waals surface area (Å²) in [4.78, 5) is 4.58. The van der Waals surface area contributed by atoms with Crippen molar-refractivity contribution >= 4 is 5.96 Å². The van der Waals surface area contributed by atoms with Crippen molar-refractivity contribution in [2.45, 2.75) is 32.9 Å². The predicted octanol–water partition coefficient (Wildman–Crippen LogP) is 2.58. The van der Waals surface area contributed by atoms with E-state index in [1.165, 1.54) is 0 Å². The quantitative estimate of drug-likeness (QED) is 0.329. The topological polar surface area (TPSA) is 88.3 Å². The SMILES string of the molecule is CCNC(=NCc1ccc(OCCOC)cc1)NCC(C)(O)c1ccc(C)o1. The van der Waals surface area contributed by atoms with E-state index in [4.69, 9.17) is 13.9 Å². The maximum atomic E-state index is 10.7. The Morgan fingerprint density at radius 1 is 1.14 bits per heavy atom. The van der Waals surface area contributed by atoms with Gasteiger partial charge >= 0.3 is 0 Å². The van der Waals surface area contributed by atoms with Gasteiger partial charge in [0, 0.05) is 13.7 Å². The van der Waals surface area contributed by atoms with Crippen LogP contribution in [0.4, 0.5) is 0 Å². The molecule has 0 fully saturated rings. The summed E-state index contributed by atoms with van der Waals surface area (Å²) in [5.41, 5.74) is -0.0734. The number of nitrogens with zero attached hydrogens (tertiary/aromatic N) is 1. The molecule has 7 nitrogen and oxygen atoms in total. The van der Waals surface area contributed by atoms with Crippen molar-refractivity contribution in [1.29, 1.82) is 0 Å². The number of furan rings is 1. The zero-order valence-electron chi connectivity index (χ0n) is 17.1. The molecule has 2 aromatic rings. The number of aryl methyl sites for hydroxylation is 1. The van der Waals surface area contributed by atoms with Gasteiger partial charge in [0.1, 0.15) is 29.5 Å². The molecule has 154 valence electrons. The van der Waals surface area contributed by atoms with Gasteiger partial charge in [-0.2, -0.15) is 0 Å². The van der Waals surface area contributed by atoms with E-state index >= 15 is 0 Å². The second-order valence-electron chi connectivity index (χ2n) is 6.72. The number of aliphatic imine (C=N–C) groups is 1. The van der Waals surface area contributed by atoms with Crippen LogP contribution in [0.25, 0.3) is 0 Å². The average molecular weight is 389 g/mol. The fraction of sp³-hybridized carbons (Fsp3) is 0.476. The van der Waals surface area contributed by atoms with Crippen LogP contribution in [0.5, 0.6) is 5.75 Å². The molecule has 3 N–H and O–H groups in total. The molecule has 1 aromatic carbocycles. The third-order valence-electron chi connectivity index (χ3n) is 4.11. The second kappa shape index (κ2) is 10.7. The van der Waals surface area contributed by atoms with E-state index < -0.39 is 5.60 Å². The Bertz CT molecular complexity index is 738. The van der Waals surface area contributed by atoms with Gasteiger partial charge in [0.2, 0.25) is 0 Å². The normalized spacial score (nSPS) is 13.8. The van der Waals surface area contributed by atoms with E-state index in [1.54, 1.807) is 20.1 Å². The van der Waals surface area contributed by atoms with Gasteiger partial charge in [-0.05, 0) is 50.6 Å². The Morgan fingerprint density at radius 2 is 1.89 bits per heavy atom. The van der Waals surface area contributed by atoms with E-state index in [9.17, 15) is 5.11 Å². The lowest BCUT2D eigenvalue weighted by Crippen LogP contribution is -2.44. The van der Waals surface area contributed by atoms with Gasteiger partial charge in [0.25, 0.3) is 0 Å². The Labute approximate surface area is 166 Å². The Kier molecular flexibility index (Phi) is 8.35. The van der Waals surface area contributed by atoms with Crippen LogP contribution in [0.15, 0.2) is 45.8 Å². The number of aliphatic hydroxyl groups is 1. The minimum Gasteiger partial charge on any atom is -0.491 e. The monoisotopic (exact) mass is 389 g/mol. The summed E-state index contributed by atoms with van der Waals surface area (Å²) in [6.07, 6.45) is 0. The van der Waals surface area contributed by atoms with Crippen molar-refractivity contribution in [2.24, 2.45) is 4.99 Å². The molecule has 1 heterocycles. The van der Waals surface area contributed by atoms with E-state index in [0.29, 0.717) is 31.5 Å². The van der Waals surface area contributed by atoms with Crippen LogP contribution in [-0.4, -0.2) is 44.5 Å². The molecule has 0 spiro atoms. The fourth-order valence-electron chi connectivity index (χ4n) is 2.51. The Hall–Kier alpha value is -2.51. The summed E-state index contributed by atoms with van der Waals surface area (Å²) in [5.74, 6) is 2.73. The molecule has 1 aromatic heterocycles. The van der Waals surface area contributed by atoms with Crippen LogP contribution in [-0.2, 0) is 16.9 Å². The summed E-state index contributed by atoms with van der Waals surface area (Å²) < 4.78 is 16.1. The zero-order chi connectivity index (χ0) is 20.4. The average Bonchev–Trinajstić information content (AvgIpc) is 3.13. The van der Waals surface area contributed by atoms with Crippen LogP contribution >= 0.6 is 0 Å². The van der Waals surface area contributed by atoms with Crippen molar-refractivity contribution in [1.82, 2.24) is 10.6 Å². The fourth-order valence-corrected chi connectivity index (χ4v) is 2.51. The molecule has 0 amide bonds. The molecule has 0 aliphatic carbocycles. The number of hydrogen-bond donors (Lipinski definition) is 3. The predicted molar refractivity (Wildman–Crippen MR) is 110 cm³/mol. The largest absolute Gasteiger partial charge is 0.491 e. The van der Waals surface area contributed by atoms with Crippen LogP contribution in [0, 0.1) is 6.92 Å². The molecule has 1 unspecified atom stereocenters. The van der Waals surface area contributed by atoms with Crippen LogP contribution in [0.1, 0.15) is 30.9 Å². The van der Waals surface area contributed by atoms with Gasteiger partial charge in [0.15, 0.2) is 5.96 Å². The highest BCUT2D eigenvalue weighted by Gasteiger charge is 2.27. The summed E-state index contributed by atoms with van der Waals surface area (Å²) in [7, 11) is 1.65. The molecule has 1 atom stereocenters. The molecular formula is C21H31N3O4. The van der Waals surface area contributed by atoms with Crippen molar-refractivity contribution < 1.29 is 19.0 Å².